The lowest BCUT2D eigenvalue weighted by Crippen LogP contribution is -2.30. The lowest BCUT2D eigenvalue weighted by molar-refractivity contribution is 0.386. The highest BCUT2D eigenvalue weighted by atomic mass is 32.2. The van der Waals surface area contributed by atoms with E-state index in [0.29, 0.717) is 12.4 Å². The zero-order valence-corrected chi connectivity index (χ0v) is 13.4. The molecule has 116 valence electrons. The molecule has 7 heteroatoms. The summed E-state index contributed by atoms with van der Waals surface area (Å²) < 4.78 is 25.3. The molecule has 3 heterocycles. The summed E-state index contributed by atoms with van der Waals surface area (Å²) in [5.74, 6) is 0.571. The van der Waals surface area contributed by atoms with E-state index in [2.05, 4.69) is 15.0 Å². The van der Waals surface area contributed by atoms with Gasteiger partial charge in [0.15, 0.2) is 0 Å². The van der Waals surface area contributed by atoms with Crippen molar-refractivity contribution >= 4 is 10.0 Å². The third-order valence-electron chi connectivity index (χ3n) is 3.76. The third kappa shape index (κ3) is 3.00. The Morgan fingerprint density at radius 3 is 2.82 bits per heavy atom. The predicted octanol–water partition coefficient (Wildman–Crippen LogP) is 1.94. The average Bonchev–Trinajstić information content (AvgIpc) is 2.97. The summed E-state index contributed by atoms with van der Waals surface area (Å²) in [7, 11) is -3.25. The van der Waals surface area contributed by atoms with Crippen molar-refractivity contribution in [1.82, 2.24) is 19.3 Å². The van der Waals surface area contributed by atoms with Crippen molar-refractivity contribution in [1.29, 1.82) is 0 Å². The quantitative estimate of drug-likeness (QED) is 0.864. The van der Waals surface area contributed by atoms with Gasteiger partial charge in [0, 0.05) is 30.2 Å². The minimum absolute atomic E-state index is 0.273. The van der Waals surface area contributed by atoms with Gasteiger partial charge in [0.1, 0.15) is 5.82 Å². The van der Waals surface area contributed by atoms with Crippen LogP contribution in [-0.2, 0) is 10.0 Å². The average molecular weight is 318 g/mol. The van der Waals surface area contributed by atoms with Gasteiger partial charge in [-0.2, -0.15) is 4.31 Å². The second-order valence-corrected chi connectivity index (χ2v) is 7.46. The molecule has 1 atom stereocenters. The van der Waals surface area contributed by atoms with E-state index in [1.54, 1.807) is 12.4 Å². The SMILES string of the molecule is Cc1cc(-c2cccnc2)nc([C@H]2CCCN2S(C)(=O)=O)n1. The van der Waals surface area contributed by atoms with Crippen LogP contribution in [0.15, 0.2) is 30.6 Å². The molecule has 0 amide bonds. The van der Waals surface area contributed by atoms with Crippen LogP contribution >= 0.6 is 0 Å². The Morgan fingerprint density at radius 1 is 1.32 bits per heavy atom. The van der Waals surface area contributed by atoms with Crippen LogP contribution in [0.2, 0.25) is 0 Å². The van der Waals surface area contributed by atoms with Gasteiger partial charge >= 0.3 is 0 Å². The predicted molar refractivity (Wildman–Crippen MR) is 83.5 cm³/mol. The van der Waals surface area contributed by atoms with Crippen molar-refractivity contribution in [2.75, 3.05) is 12.8 Å². The molecule has 1 fully saturated rings. The Morgan fingerprint density at radius 2 is 2.14 bits per heavy atom. The van der Waals surface area contributed by atoms with E-state index in [-0.39, 0.29) is 6.04 Å². The molecule has 0 unspecified atom stereocenters. The topological polar surface area (TPSA) is 76.1 Å². The Hall–Kier alpha value is -1.86. The zero-order valence-electron chi connectivity index (χ0n) is 12.6. The number of pyridine rings is 1. The van der Waals surface area contributed by atoms with Gasteiger partial charge in [-0.3, -0.25) is 4.98 Å². The smallest absolute Gasteiger partial charge is 0.211 e. The van der Waals surface area contributed by atoms with Crippen LogP contribution < -0.4 is 0 Å². The summed E-state index contributed by atoms with van der Waals surface area (Å²) in [6.45, 7) is 2.42. The Labute approximate surface area is 130 Å². The minimum Gasteiger partial charge on any atom is -0.264 e. The highest BCUT2D eigenvalue weighted by Crippen LogP contribution is 2.32. The van der Waals surface area contributed by atoms with Crippen LogP contribution in [0.25, 0.3) is 11.3 Å². The highest BCUT2D eigenvalue weighted by molar-refractivity contribution is 7.88. The van der Waals surface area contributed by atoms with Crippen LogP contribution in [0.3, 0.4) is 0 Å². The molecule has 0 bridgehead atoms. The number of sulfonamides is 1. The first kappa shape index (κ1) is 15.1. The molecule has 22 heavy (non-hydrogen) atoms. The Kier molecular flexibility index (Phi) is 3.92. The fourth-order valence-electron chi connectivity index (χ4n) is 2.80. The first-order chi connectivity index (χ1) is 10.4. The van der Waals surface area contributed by atoms with Crippen molar-refractivity contribution in [3.05, 3.63) is 42.1 Å². The van der Waals surface area contributed by atoms with Gasteiger partial charge in [0.05, 0.1) is 18.0 Å². The molecule has 0 radical (unpaired) electrons. The fraction of sp³-hybridized carbons (Fsp3) is 0.400. The molecule has 1 aliphatic rings. The van der Waals surface area contributed by atoms with Crippen LogP contribution in [0.4, 0.5) is 0 Å². The summed E-state index contributed by atoms with van der Waals surface area (Å²) in [5.41, 5.74) is 2.50. The zero-order chi connectivity index (χ0) is 15.7. The molecule has 3 rings (SSSR count). The number of hydrogen-bond donors (Lipinski definition) is 0. The van der Waals surface area contributed by atoms with E-state index in [4.69, 9.17) is 0 Å². The van der Waals surface area contributed by atoms with Gasteiger partial charge in [-0.15, -0.1) is 0 Å². The molecule has 1 saturated heterocycles. The molecule has 6 nitrogen and oxygen atoms in total. The summed E-state index contributed by atoms with van der Waals surface area (Å²) >= 11 is 0. The number of rotatable bonds is 3. The maximum atomic E-state index is 11.9. The number of aryl methyl sites for hydroxylation is 1. The molecule has 1 aliphatic heterocycles. The summed E-state index contributed by atoms with van der Waals surface area (Å²) in [6, 6.07) is 5.40. The van der Waals surface area contributed by atoms with Crippen molar-refractivity contribution in [2.45, 2.75) is 25.8 Å². The Balaban J connectivity index is 2.03. The number of aromatic nitrogens is 3. The van der Waals surface area contributed by atoms with E-state index in [0.717, 1.165) is 29.8 Å². The molecular weight excluding hydrogens is 300 g/mol. The van der Waals surface area contributed by atoms with E-state index in [1.165, 1.54) is 10.6 Å². The Bertz CT molecular complexity index is 777. The minimum atomic E-state index is -3.25. The molecule has 2 aromatic heterocycles. The number of hydrogen-bond acceptors (Lipinski definition) is 5. The first-order valence-electron chi connectivity index (χ1n) is 7.18. The van der Waals surface area contributed by atoms with Crippen molar-refractivity contribution in [3.63, 3.8) is 0 Å². The van der Waals surface area contributed by atoms with Crippen LogP contribution in [0.1, 0.15) is 30.4 Å². The third-order valence-corrected chi connectivity index (χ3v) is 5.05. The largest absolute Gasteiger partial charge is 0.264 e. The van der Waals surface area contributed by atoms with Crippen molar-refractivity contribution in [3.8, 4) is 11.3 Å². The summed E-state index contributed by atoms with van der Waals surface area (Å²) in [5, 5.41) is 0. The van der Waals surface area contributed by atoms with Gasteiger partial charge in [-0.25, -0.2) is 18.4 Å². The summed E-state index contributed by atoms with van der Waals surface area (Å²) in [6.07, 6.45) is 6.28. The van der Waals surface area contributed by atoms with Crippen LogP contribution in [0.5, 0.6) is 0 Å². The second-order valence-electron chi connectivity index (χ2n) is 5.53. The van der Waals surface area contributed by atoms with Gasteiger partial charge in [0.25, 0.3) is 0 Å². The maximum absolute atomic E-state index is 11.9. The van der Waals surface area contributed by atoms with Gasteiger partial charge in [-0.1, -0.05) is 0 Å². The van der Waals surface area contributed by atoms with Crippen LogP contribution in [-0.4, -0.2) is 40.5 Å². The lowest BCUT2D eigenvalue weighted by atomic mass is 10.1. The standard InChI is InChI=1S/C15H18N4O2S/c1-11-9-13(12-5-3-7-16-10-12)18-15(17-11)14-6-4-8-19(14)22(2,20)21/h3,5,7,9-10,14H,4,6,8H2,1-2H3/t14-/m1/s1. The van der Waals surface area contributed by atoms with E-state index < -0.39 is 10.0 Å². The highest BCUT2D eigenvalue weighted by Gasteiger charge is 2.34. The molecule has 0 aromatic carbocycles. The molecule has 0 aliphatic carbocycles. The molecule has 2 aromatic rings. The monoisotopic (exact) mass is 318 g/mol. The van der Waals surface area contributed by atoms with Gasteiger partial charge < -0.3 is 0 Å². The maximum Gasteiger partial charge on any atom is 0.211 e. The number of nitrogens with zero attached hydrogens (tertiary/aromatic N) is 4. The van der Waals surface area contributed by atoms with Crippen LogP contribution in [0, 0.1) is 6.92 Å². The normalized spacial score (nSPS) is 19.5. The molecular formula is C15H18N4O2S. The van der Waals surface area contributed by atoms with Crippen molar-refractivity contribution < 1.29 is 8.42 Å². The van der Waals surface area contributed by atoms with Crippen molar-refractivity contribution in [2.24, 2.45) is 0 Å². The summed E-state index contributed by atoms with van der Waals surface area (Å²) in [4.78, 5) is 13.2. The van der Waals surface area contributed by atoms with Gasteiger partial charge in [-0.05, 0) is 38.0 Å². The van der Waals surface area contributed by atoms with E-state index in [9.17, 15) is 8.42 Å². The fourth-order valence-corrected chi connectivity index (χ4v) is 3.92. The molecule has 0 N–H and O–H groups in total. The lowest BCUT2D eigenvalue weighted by Gasteiger charge is -2.21. The van der Waals surface area contributed by atoms with Gasteiger partial charge in [0.2, 0.25) is 10.0 Å². The first-order valence-corrected chi connectivity index (χ1v) is 9.03. The molecule has 0 saturated carbocycles. The molecule has 0 spiro atoms. The van der Waals surface area contributed by atoms with E-state index in [1.807, 2.05) is 25.1 Å². The second kappa shape index (κ2) is 5.73. The van der Waals surface area contributed by atoms with E-state index >= 15 is 0 Å².